The van der Waals surface area contributed by atoms with Crippen LogP contribution >= 0.6 is 23.1 Å². The molecule has 0 aliphatic rings. The molecular formula is C15H29N3OS2. The lowest BCUT2D eigenvalue weighted by atomic mass is 10.2. The average Bonchev–Trinajstić information content (AvgIpc) is 2.91. The quantitative estimate of drug-likeness (QED) is 0.631. The van der Waals surface area contributed by atoms with E-state index in [1.807, 2.05) is 23.1 Å². The van der Waals surface area contributed by atoms with Crippen LogP contribution in [0.25, 0.3) is 0 Å². The molecule has 1 aromatic heterocycles. The molecule has 0 radical (unpaired) electrons. The van der Waals surface area contributed by atoms with E-state index in [2.05, 4.69) is 37.4 Å². The number of aryl methyl sites for hydroxylation is 1. The SMILES string of the molecule is CCc1nc(N(C)C(C)CCSC)sc1CNCCOC. The molecule has 1 atom stereocenters. The van der Waals surface area contributed by atoms with Gasteiger partial charge in [-0.2, -0.15) is 11.8 Å². The molecular weight excluding hydrogens is 302 g/mol. The van der Waals surface area contributed by atoms with E-state index in [0.29, 0.717) is 6.04 Å². The van der Waals surface area contributed by atoms with E-state index in [1.54, 1.807) is 7.11 Å². The monoisotopic (exact) mass is 331 g/mol. The number of nitrogens with one attached hydrogen (secondary N) is 1. The normalized spacial score (nSPS) is 12.6. The second-order valence-electron chi connectivity index (χ2n) is 5.13. The van der Waals surface area contributed by atoms with Crippen molar-refractivity contribution < 1.29 is 4.74 Å². The molecule has 0 spiro atoms. The van der Waals surface area contributed by atoms with Crippen LogP contribution < -0.4 is 10.2 Å². The molecule has 0 saturated heterocycles. The van der Waals surface area contributed by atoms with Crippen molar-refractivity contribution in [2.75, 3.05) is 44.2 Å². The second-order valence-corrected chi connectivity index (χ2v) is 7.18. The van der Waals surface area contributed by atoms with Gasteiger partial charge in [0.1, 0.15) is 0 Å². The van der Waals surface area contributed by atoms with Crippen molar-refractivity contribution in [3.05, 3.63) is 10.6 Å². The first kappa shape index (κ1) is 18.7. The Labute approximate surface area is 137 Å². The lowest BCUT2D eigenvalue weighted by Gasteiger charge is -2.23. The highest BCUT2D eigenvalue weighted by molar-refractivity contribution is 7.98. The van der Waals surface area contributed by atoms with Crippen LogP contribution in [-0.2, 0) is 17.7 Å². The number of thiazole rings is 1. The van der Waals surface area contributed by atoms with Crippen molar-refractivity contribution >= 4 is 28.2 Å². The number of aromatic nitrogens is 1. The summed E-state index contributed by atoms with van der Waals surface area (Å²) in [5.74, 6) is 1.20. The largest absolute Gasteiger partial charge is 0.383 e. The Morgan fingerprint density at radius 2 is 2.24 bits per heavy atom. The van der Waals surface area contributed by atoms with Crippen LogP contribution in [-0.4, -0.2) is 50.3 Å². The molecule has 1 rings (SSSR count). The van der Waals surface area contributed by atoms with E-state index in [4.69, 9.17) is 9.72 Å². The summed E-state index contributed by atoms with van der Waals surface area (Å²) in [6.07, 6.45) is 4.35. The van der Waals surface area contributed by atoms with E-state index < -0.39 is 0 Å². The number of thioether (sulfide) groups is 1. The minimum atomic E-state index is 0.530. The minimum absolute atomic E-state index is 0.530. The van der Waals surface area contributed by atoms with Crippen LogP contribution in [0, 0.1) is 0 Å². The third kappa shape index (κ3) is 6.14. The standard InChI is InChI=1S/C15H29N3OS2/c1-6-13-14(11-16-8-9-19-4)21-15(17-13)18(3)12(2)7-10-20-5/h12,16H,6-11H2,1-5H3. The van der Waals surface area contributed by atoms with Gasteiger partial charge in [-0.05, 0) is 31.8 Å². The number of hydrogen-bond acceptors (Lipinski definition) is 6. The molecule has 4 nitrogen and oxygen atoms in total. The van der Waals surface area contributed by atoms with Crippen molar-refractivity contribution in [1.82, 2.24) is 10.3 Å². The number of ether oxygens (including phenoxy) is 1. The Balaban J connectivity index is 2.64. The zero-order valence-corrected chi connectivity index (χ0v) is 15.6. The highest BCUT2D eigenvalue weighted by Crippen LogP contribution is 2.28. The Morgan fingerprint density at radius 3 is 2.86 bits per heavy atom. The van der Waals surface area contributed by atoms with Gasteiger partial charge in [-0.25, -0.2) is 4.98 Å². The number of anilines is 1. The number of methoxy groups -OCH3 is 1. The first-order chi connectivity index (χ1) is 10.1. The summed E-state index contributed by atoms with van der Waals surface area (Å²) < 4.78 is 5.06. The Morgan fingerprint density at radius 1 is 1.48 bits per heavy atom. The number of hydrogen-bond donors (Lipinski definition) is 1. The van der Waals surface area contributed by atoms with Gasteiger partial charge in [-0.1, -0.05) is 6.92 Å². The van der Waals surface area contributed by atoms with E-state index in [9.17, 15) is 0 Å². The summed E-state index contributed by atoms with van der Waals surface area (Å²) in [4.78, 5) is 8.50. The first-order valence-corrected chi connectivity index (χ1v) is 9.75. The smallest absolute Gasteiger partial charge is 0.185 e. The topological polar surface area (TPSA) is 37.4 Å². The third-order valence-corrected chi connectivity index (χ3v) is 5.41. The molecule has 122 valence electrons. The molecule has 1 unspecified atom stereocenters. The van der Waals surface area contributed by atoms with Gasteiger partial charge >= 0.3 is 0 Å². The molecule has 21 heavy (non-hydrogen) atoms. The van der Waals surface area contributed by atoms with Gasteiger partial charge < -0.3 is 15.0 Å². The van der Waals surface area contributed by atoms with Gasteiger partial charge in [0.25, 0.3) is 0 Å². The lowest BCUT2D eigenvalue weighted by molar-refractivity contribution is 0.199. The summed E-state index contributed by atoms with van der Waals surface area (Å²) in [5.41, 5.74) is 1.23. The van der Waals surface area contributed by atoms with Gasteiger partial charge in [-0.3, -0.25) is 0 Å². The predicted molar refractivity (Wildman–Crippen MR) is 95.9 cm³/mol. The molecule has 0 fully saturated rings. The predicted octanol–water partition coefficient (Wildman–Crippen LogP) is 3.02. The fourth-order valence-corrected chi connectivity index (χ4v) is 3.74. The van der Waals surface area contributed by atoms with Crippen molar-refractivity contribution in [3.8, 4) is 0 Å². The maximum atomic E-state index is 5.06. The summed E-state index contributed by atoms with van der Waals surface area (Å²) in [5, 5.41) is 4.56. The second kappa shape index (κ2) is 10.4. The molecule has 1 aromatic rings. The van der Waals surface area contributed by atoms with Crippen LogP contribution in [0.5, 0.6) is 0 Å². The number of nitrogens with zero attached hydrogens (tertiary/aromatic N) is 2. The van der Waals surface area contributed by atoms with Crippen LogP contribution in [0.4, 0.5) is 5.13 Å². The highest BCUT2D eigenvalue weighted by Gasteiger charge is 2.16. The van der Waals surface area contributed by atoms with Crippen LogP contribution in [0.3, 0.4) is 0 Å². The summed E-state index contributed by atoms with van der Waals surface area (Å²) in [6.45, 7) is 6.97. The Bertz CT molecular complexity index is 398. The summed E-state index contributed by atoms with van der Waals surface area (Å²) in [6, 6.07) is 0.530. The van der Waals surface area contributed by atoms with Crippen molar-refractivity contribution in [1.29, 1.82) is 0 Å². The zero-order chi connectivity index (χ0) is 15.7. The maximum Gasteiger partial charge on any atom is 0.185 e. The molecule has 1 heterocycles. The zero-order valence-electron chi connectivity index (χ0n) is 13.9. The molecule has 6 heteroatoms. The van der Waals surface area contributed by atoms with Crippen molar-refractivity contribution in [3.63, 3.8) is 0 Å². The number of rotatable bonds is 11. The lowest BCUT2D eigenvalue weighted by Crippen LogP contribution is -2.29. The molecule has 0 saturated carbocycles. The minimum Gasteiger partial charge on any atom is -0.383 e. The van der Waals surface area contributed by atoms with E-state index in [-0.39, 0.29) is 0 Å². The van der Waals surface area contributed by atoms with E-state index >= 15 is 0 Å². The third-order valence-electron chi connectivity index (χ3n) is 3.57. The fourth-order valence-electron chi connectivity index (χ4n) is 1.98. The van der Waals surface area contributed by atoms with Crippen LogP contribution in [0.1, 0.15) is 30.8 Å². The Kier molecular flexibility index (Phi) is 9.31. The van der Waals surface area contributed by atoms with E-state index in [0.717, 1.165) is 31.2 Å². The Hall–Kier alpha value is -0.300. The van der Waals surface area contributed by atoms with Gasteiger partial charge in [-0.15, -0.1) is 11.3 Å². The van der Waals surface area contributed by atoms with Gasteiger partial charge in [0.05, 0.1) is 12.3 Å². The molecule has 0 bridgehead atoms. The van der Waals surface area contributed by atoms with Gasteiger partial charge in [0.2, 0.25) is 0 Å². The molecule has 0 aliphatic heterocycles. The molecule has 0 aromatic carbocycles. The first-order valence-electron chi connectivity index (χ1n) is 7.54. The molecule has 1 N–H and O–H groups in total. The highest BCUT2D eigenvalue weighted by atomic mass is 32.2. The van der Waals surface area contributed by atoms with Gasteiger partial charge in [0.15, 0.2) is 5.13 Å². The van der Waals surface area contributed by atoms with Crippen LogP contribution in [0.15, 0.2) is 0 Å². The van der Waals surface area contributed by atoms with Crippen molar-refractivity contribution in [2.24, 2.45) is 0 Å². The average molecular weight is 332 g/mol. The summed E-state index contributed by atoms with van der Waals surface area (Å²) in [7, 11) is 3.89. The summed E-state index contributed by atoms with van der Waals surface area (Å²) >= 11 is 3.72. The van der Waals surface area contributed by atoms with Crippen molar-refractivity contribution in [2.45, 2.75) is 39.3 Å². The van der Waals surface area contributed by atoms with E-state index in [1.165, 1.54) is 22.7 Å². The van der Waals surface area contributed by atoms with Gasteiger partial charge in [0, 0.05) is 38.2 Å². The fraction of sp³-hybridized carbons (Fsp3) is 0.800. The van der Waals surface area contributed by atoms with Crippen LogP contribution in [0.2, 0.25) is 0 Å². The molecule has 0 amide bonds. The maximum absolute atomic E-state index is 5.06. The molecule has 0 aliphatic carbocycles.